The second-order valence-electron chi connectivity index (χ2n) is 10.1. The lowest BCUT2D eigenvalue weighted by atomic mass is 9.95. The average Bonchev–Trinajstić information content (AvgIpc) is 3.33. The zero-order chi connectivity index (χ0) is 25.6. The van der Waals surface area contributed by atoms with Crippen molar-refractivity contribution in [3.63, 3.8) is 0 Å². The molecule has 0 bridgehead atoms. The number of aryl methyl sites for hydroxylation is 2. The van der Waals surface area contributed by atoms with Crippen LogP contribution in [-0.4, -0.2) is 34.8 Å². The molecule has 0 spiro atoms. The Balaban J connectivity index is 1.55. The molecule has 1 aliphatic heterocycles. The molecule has 3 aromatic rings. The highest BCUT2D eigenvalue weighted by Gasteiger charge is 2.32. The van der Waals surface area contributed by atoms with Crippen molar-refractivity contribution in [3.8, 4) is 0 Å². The molecule has 2 aromatic carbocycles. The Morgan fingerprint density at radius 1 is 1.11 bits per heavy atom. The first-order valence-corrected chi connectivity index (χ1v) is 12.6. The Hall–Kier alpha value is -3.07. The van der Waals surface area contributed by atoms with Gasteiger partial charge in [-0.2, -0.15) is 13.2 Å². The van der Waals surface area contributed by atoms with E-state index in [2.05, 4.69) is 21.3 Å². The molecule has 2 heterocycles. The van der Waals surface area contributed by atoms with E-state index >= 15 is 0 Å². The van der Waals surface area contributed by atoms with Crippen LogP contribution in [0, 0.1) is 12.8 Å². The van der Waals surface area contributed by atoms with Crippen molar-refractivity contribution in [1.29, 1.82) is 0 Å². The van der Waals surface area contributed by atoms with Gasteiger partial charge in [0, 0.05) is 36.5 Å². The van der Waals surface area contributed by atoms with Crippen LogP contribution in [0.4, 0.5) is 30.4 Å². The second kappa shape index (κ2) is 9.42. The molecule has 2 aliphatic rings. The maximum atomic E-state index is 13.4. The number of rotatable bonds is 5. The van der Waals surface area contributed by atoms with E-state index in [1.165, 1.54) is 16.8 Å². The Kier molecular flexibility index (Phi) is 6.44. The number of halogens is 3. The molecular formula is C27H32F3N5O. The number of hydrogen-bond acceptors (Lipinski definition) is 6. The SMILES string of the molecule is Cc1nc(NC(C)c2cc(N)cc(C(F)(F)F)c2)c2cc(N3CCC(CO)CC3)c3c(c2n1)CCC3. The third kappa shape index (κ3) is 4.68. The largest absolute Gasteiger partial charge is 0.416 e. The first-order chi connectivity index (χ1) is 17.1. The lowest BCUT2D eigenvalue weighted by Crippen LogP contribution is -2.35. The summed E-state index contributed by atoms with van der Waals surface area (Å²) in [7, 11) is 0. The van der Waals surface area contributed by atoms with E-state index in [9.17, 15) is 18.3 Å². The minimum absolute atomic E-state index is 0.0728. The maximum absolute atomic E-state index is 13.4. The molecular weight excluding hydrogens is 467 g/mol. The van der Waals surface area contributed by atoms with Crippen LogP contribution in [0.15, 0.2) is 24.3 Å². The van der Waals surface area contributed by atoms with Crippen LogP contribution in [0.1, 0.15) is 60.3 Å². The predicted molar refractivity (Wildman–Crippen MR) is 136 cm³/mol. The Morgan fingerprint density at radius 3 is 2.53 bits per heavy atom. The van der Waals surface area contributed by atoms with Crippen molar-refractivity contribution in [2.45, 2.75) is 58.2 Å². The number of nitrogens with two attached hydrogens (primary N) is 1. The quantitative estimate of drug-likeness (QED) is 0.407. The zero-order valence-corrected chi connectivity index (χ0v) is 20.6. The fourth-order valence-corrected chi connectivity index (χ4v) is 5.59. The number of fused-ring (bicyclic) bond motifs is 3. The molecule has 1 atom stereocenters. The summed E-state index contributed by atoms with van der Waals surface area (Å²) in [4.78, 5) is 11.9. The Morgan fingerprint density at radius 2 is 1.83 bits per heavy atom. The molecule has 0 saturated carbocycles. The molecule has 1 fully saturated rings. The number of aliphatic hydroxyl groups excluding tert-OH is 1. The van der Waals surface area contributed by atoms with Gasteiger partial charge in [-0.05, 0) is 92.8 Å². The van der Waals surface area contributed by atoms with Gasteiger partial charge in [-0.15, -0.1) is 0 Å². The van der Waals surface area contributed by atoms with Gasteiger partial charge in [-0.3, -0.25) is 0 Å². The highest BCUT2D eigenvalue weighted by Crippen LogP contribution is 2.41. The van der Waals surface area contributed by atoms with Crippen LogP contribution in [0.2, 0.25) is 0 Å². The lowest BCUT2D eigenvalue weighted by Gasteiger charge is -2.34. The number of piperidine rings is 1. The highest BCUT2D eigenvalue weighted by atomic mass is 19.4. The Labute approximate surface area is 208 Å². The lowest BCUT2D eigenvalue weighted by molar-refractivity contribution is -0.137. The zero-order valence-electron chi connectivity index (χ0n) is 20.6. The number of nitrogens with one attached hydrogen (secondary N) is 1. The minimum atomic E-state index is -4.47. The molecule has 4 N–H and O–H groups in total. The van der Waals surface area contributed by atoms with E-state index in [1.54, 1.807) is 6.07 Å². The number of aromatic nitrogens is 2. The van der Waals surface area contributed by atoms with Gasteiger partial charge in [-0.25, -0.2) is 9.97 Å². The van der Waals surface area contributed by atoms with E-state index in [-0.39, 0.29) is 12.3 Å². The predicted octanol–water partition coefficient (Wildman–Crippen LogP) is 5.41. The molecule has 6 nitrogen and oxygen atoms in total. The third-order valence-corrected chi connectivity index (χ3v) is 7.52. The van der Waals surface area contributed by atoms with Gasteiger partial charge in [0.15, 0.2) is 0 Å². The maximum Gasteiger partial charge on any atom is 0.416 e. The molecule has 5 rings (SSSR count). The van der Waals surface area contributed by atoms with E-state index in [4.69, 9.17) is 10.7 Å². The molecule has 1 saturated heterocycles. The van der Waals surface area contributed by atoms with Crippen LogP contribution < -0.4 is 16.0 Å². The molecule has 1 unspecified atom stereocenters. The first kappa shape index (κ1) is 24.6. The number of benzene rings is 2. The summed E-state index contributed by atoms with van der Waals surface area (Å²) >= 11 is 0. The van der Waals surface area contributed by atoms with Gasteiger partial charge in [0.2, 0.25) is 0 Å². The fourth-order valence-electron chi connectivity index (χ4n) is 5.59. The molecule has 0 radical (unpaired) electrons. The minimum Gasteiger partial charge on any atom is -0.399 e. The highest BCUT2D eigenvalue weighted by molar-refractivity contribution is 5.96. The van der Waals surface area contributed by atoms with E-state index < -0.39 is 17.8 Å². The van der Waals surface area contributed by atoms with Crippen molar-refractivity contribution < 1.29 is 18.3 Å². The molecule has 9 heteroatoms. The topological polar surface area (TPSA) is 87.3 Å². The van der Waals surface area contributed by atoms with Crippen LogP contribution in [0.5, 0.6) is 0 Å². The van der Waals surface area contributed by atoms with Crippen LogP contribution in [0.25, 0.3) is 10.9 Å². The van der Waals surface area contributed by atoms with Gasteiger partial charge in [0.1, 0.15) is 11.6 Å². The van der Waals surface area contributed by atoms with Gasteiger partial charge in [0.05, 0.1) is 17.1 Å². The number of nitrogen functional groups attached to an aromatic ring is 1. The van der Waals surface area contributed by atoms with Gasteiger partial charge < -0.3 is 21.1 Å². The third-order valence-electron chi connectivity index (χ3n) is 7.52. The summed E-state index contributed by atoms with van der Waals surface area (Å²) in [5.41, 5.74) is 10.3. The van der Waals surface area contributed by atoms with E-state index in [0.29, 0.717) is 23.1 Å². The number of hydrogen-bond donors (Lipinski definition) is 3. The number of alkyl halides is 3. The summed E-state index contributed by atoms with van der Waals surface area (Å²) in [6, 6.07) is 5.35. The van der Waals surface area contributed by atoms with Crippen LogP contribution in [0.3, 0.4) is 0 Å². The Bertz CT molecular complexity index is 1280. The standard InChI is InChI=1S/C27H32F3N5O/c1-15(18-10-19(27(28,29)30)12-20(31)11-18)32-26-23-13-24(35-8-6-17(14-36)7-9-35)21-4-3-5-22(21)25(23)33-16(2)34-26/h10-13,15,17,36H,3-9,14,31H2,1-2H3,(H,32,33,34). The van der Waals surface area contributed by atoms with Crippen molar-refractivity contribution in [2.75, 3.05) is 35.6 Å². The van der Waals surface area contributed by atoms with Gasteiger partial charge in [-0.1, -0.05) is 0 Å². The van der Waals surface area contributed by atoms with Crippen molar-refractivity contribution in [1.82, 2.24) is 9.97 Å². The average molecular weight is 500 g/mol. The van der Waals surface area contributed by atoms with E-state index in [0.717, 1.165) is 68.2 Å². The monoisotopic (exact) mass is 499 g/mol. The number of anilines is 3. The molecule has 0 amide bonds. The first-order valence-electron chi connectivity index (χ1n) is 12.6. The van der Waals surface area contributed by atoms with E-state index in [1.807, 2.05) is 13.8 Å². The molecule has 1 aliphatic carbocycles. The number of nitrogens with zero attached hydrogens (tertiary/aromatic N) is 3. The summed E-state index contributed by atoms with van der Waals surface area (Å²) in [5.74, 6) is 1.58. The second-order valence-corrected chi connectivity index (χ2v) is 10.1. The molecule has 36 heavy (non-hydrogen) atoms. The summed E-state index contributed by atoms with van der Waals surface area (Å²) < 4.78 is 40.1. The summed E-state index contributed by atoms with van der Waals surface area (Å²) in [6.07, 6.45) is 0.454. The van der Waals surface area contributed by atoms with Gasteiger partial charge >= 0.3 is 6.18 Å². The van der Waals surface area contributed by atoms with Crippen LogP contribution in [-0.2, 0) is 19.0 Å². The van der Waals surface area contributed by atoms with Crippen LogP contribution >= 0.6 is 0 Å². The molecule has 1 aromatic heterocycles. The summed E-state index contributed by atoms with van der Waals surface area (Å²) in [6.45, 7) is 5.65. The normalized spacial score (nSPS) is 17.4. The smallest absolute Gasteiger partial charge is 0.399 e. The summed E-state index contributed by atoms with van der Waals surface area (Å²) in [5, 5.41) is 13.8. The number of aliphatic hydroxyl groups is 1. The van der Waals surface area contributed by atoms with Crippen molar-refractivity contribution >= 4 is 28.1 Å². The molecule has 192 valence electrons. The van der Waals surface area contributed by atoms with Gasteiger partial charge in [0.25, 0.3) is 0 Å². The van der Waals surface area contributed by atoms with Crippen molar-refractivity contribution in [2.24, 2.45) is 5.92 Å². The van der Waals surface area contributed by atoms with Crippen molar-refractivity contribution in [3.05, 3.63) is 52.3 Å². The fraction of sp³-hybridized carbons (Fsp3) is 0.481.